The van der Waals surface area contributed by atoms with Crippen molar-refractivity contribution in [3.8, 4) is 22.6 Å². The van der Waals surface area contributed by atoms with Crippen LogP contribution in [-0.2, 0) is 10.2 Å². The van der Waals surface area contributed by atoms with Crippen LogP contribution in [0.2, 0.25) is 0 Å². The van der Waals surface area contributed by atoms with Crippen molar-refractivity contribution in [1.82, 2.24) is 30.8 Å². The van der Waals surface area contributed by atoms with Gasteiger partial charge in [-0.15, -0.1) is 10.2 Å². The normalized spacial score (nSPS) is 18.3. The van der Waals surface area contributed by atoms with E-state index in [0.717, 1.165) is 22.2 Å². The Bertz CT molecular complexity index is 1270. The molecule has 0 aliphatic carbocycles. The number of nitrogens with two attached hydrogens (primary N) is 1. The monoisotopic (exact) mass is 384 g/mol. The molecule has 142 valence electrons. The number of hydrogen-bond acceptors (Lipinski definition) is 6. The van der Waals surface area contributed by atoms with Gasteiger partial charge in [0, 0.05) is 22.7 Å². The van der Waals surface area contributed by atoms with Gasteiger partial charge in [0.15, 0.2) is 0 Å². The third kappa shape index (κ3) is 2.63. The fraction of sp³-hybridized carbons (Fsp3) is 0.100. The zero-order valence-electron chi connectivity index (χ0n) is 15.2. The van der Waals surface area contributed by atoms with Crippen LogP contribution in [0.15, 0.2) is 59.6 Å². The Morgan fingerprint density at radius 3 is 2.79 bits per heavy atom. The number of nitrogens with zero attached hydrogens (tertiary/aromatic N) is 5. The van der Waals surface area contributed by atoms with Crippen LogP contribution < -0.4 is 5.73 Å². The summed E-state index contributed by atoms with van der Waals surface area (Å²) in [5, 5.41) is 22.7. The Kier molecular flexibility index (Phi) is 3.80. The first-order valence-electron chi connectivity index (χ1n) is 8.98. The number of aromatic amines is 2. The number of hydrogen-bond donors (Lipinski definition) is 3. The molecule has 1 aliphatic rings. The summed E-state index contributed by atoms with van der Waals surface area (Å²) in [4.78, 5) is 17.0. The number of rotatable bonds is 4. The second-order valence-electron chi connectivity index (χ2n) is 6.80. The second kappa shape index (κ2) is 6.48. The number of dihydropyridines is 1. The van der Waals surface area contributed by atoms with Gasteiger partial charge in [-0.05, 0) is 29.0 Å². The molecule has 2 aromatic carbocycles. The number of amides is 1. The van der Waals surface area contributed by atoms with Gasteiger partial charge in [0.2, 0.25) is 11.7 Å². The first-order valence-corrected chi connectivity index (χ1v) is 8.98. The summed E-state index contributed by atoms with van der Waals surface area (Å²) >= 11 is 0. The minimum Gasteiger partial charge on any atom is -0.369 e. The fourth-order valence-corrected chi connectivity index (χ4v) is 3.70. The highest BCUT2D eigenvalue weighted by Crippen LogP contribution is 2.39. The van der Waals surface area contributed by atoms with Gasteiger partial charge in [-0.3, -0.25) is 14.9 Å². The second-order valence-corrected chi connectivity index (χ2v) is 6.80. The zero-order chi connectivity index (χ0) is 19.8. The van der Waals surface area contributed by atoms with E-state index in [0.29, 0.717) is 17.0 Å². The van der Waals surface area contributed by atoms with Crippen LogP contribution in [0, 0.1) is 0 Å². The maximum atomic E-state index is 12.7. The highest BCUT2D eigenvalue weighted by atomic mass is 16.1. The fourth-order valence-electron chi connectivity index (χ4n) is 3.70. The number of tetrazole rings is 1. The molecule has 1 amide bonds. The standard InChI is InChI=1S/C20H16N8O/c21-19(29)20(8-3-9-22-11-20)15-10-12(18-25-27-28-26-18)6-7-13(15)17-14-4-1-2-5-16(14)23-24-17/h1-10H,11H2,(H2,21,29)(H,23,24)(H,25,26,27,28). The van der Waals surface area contributed by atoms with Gasteiger partial charge < -0.3 is 5.73 Å². The van der Waals surface area contributed by atoms with Crippen molar-refractivity contribution in [3.05, 3.63) is 60.2 Å². The number of carbonyl (C=O) groups excluding carboxylic acids is 1. The third-order valence-corrected chi connectivity index (χ3v) is 5.18. The van der Waals surface area contributed by atoms with Crippen molar-refractivity contribution in [3.63, 3.8) is 0 Å². The van der Waals surface area contributed by atoms with Crippen molar-refractivity contribution in [2.45, 2.75) is 5.41 Å². The Morgan fingerprint density at radius 2 is 2.03 bits per heavy atom. The summed E-state index contributed by atoms with van der Waals surface area (Å²) < 4.78 is 0. The van der Waals surface area contributed by atoms with E-state index in [1.165, 1.54) is 0 Å². The zero-order valence-corrected chi connectivity index (χ0v) is 15.2. The molecule has 1 atom stereocenters. The van der Waals surface area contributed by atoms with Crippen LogP contribution in [0.4, 0.5) is 0 Å². The van der Waals surface area contributed by atoms with Gasteiger partial charge in [0.25, 0.3) is 0 Å². The maximum Gasteiger partial charge on any atom is 0.233 e. The number of para-hydroxylation sites is 1. The molecule has 4 N–H and O–H groups in total. The molecule has 3 heterocycles. The molecule has 0 fully saturated rings. The summed E-state index contributed by atoms with van der Waals surface area (Å²) in [6.45, 7) is 0.212. The van der Waals surface area contributed by atoms with Gasteiger partial charge in [-0.25, -0.2) is 0 Å². The van der Waals surface area contributed by atoms with Crippen molar-refractivity contribution < 1.29 is 4.79 Å². The number of aromatic nitrogens is 6. The molecule has 1 aliphatic heterocycles. The van der Waals surface area contributed by atoms with E-state index in [4.69, 9.17) is 5.73 Å². The van der Waals surface area contributed by atoms with Crippen LogP contribution in [0.3, 0.4) is 0 Å². The lowest BCUT2D eigenvalue weighted by Crippen LogP contribution is -2.43. The summed E-state index contributed by atoms with van der Waals surface area (Å²) in [6.07, 6.45) is 5.19. The molecule has 0 radical (unpaired) electrons. The molecule has 5 rings (SSSR count). The maximum absolute atomic E-state index is 12.7. The molecule has 9 nitrogen and oxygen atoms in total. The van der Waals surface area contributed by atoms with Crippen LogP contribution in [-0.4, -0.2) is 49.5 Å². The summed E-state index contributed by atoms with van der Waals surface area (Å²) in [5.41, 5.74) is 8.62. The molecule has 29 heavy (non-hydrogen) atoms. The molecule has 0 spiro atoms. The van der Waals surface area contributed by atoms with Crippen molar-refractivity contribution in [2.24, 2.45) is 10.7 Å². The van der Waals surface area contributed by atoms with Crippen LogP contribution in [0.25, 0.3) is 33.5 Å². The highest BCUT2D eigenvalue weighted by Gasteiger charge is 2.39. The summed E-state index contributed by atoms with van der Waals surface area (Å²) in [6, 6.07) is 13.5. The van der Waals surface area contributed by atoms with Gasteiger partial charge >= 0.3 is 0 Å². The number of benzene rings is 2. The van der Waals surface area contributed by atoms with Crippen LogP contribution in [0.5, 0.6) is 0 Å². The Hall–Kier alpha value is -4.14. The van der Waals surface area contributed by atoms with E-state index >= 15 is 0 Å². The SMILES string of the molecule is NC(=O)C1(c2cc(-c3nn[nH]n3)ccc2-c2n[nH]c3ccccc23)C=CC=NC1. The first kappa shape index (κ1) is 17.0. The quantitative estimate of drug-likeness (QED) is 0.492. The summed E-state index contributed by atoms with van der Waals surface area (Å²) in [5.74, 6) is -0.0652. The van der Waals surface area contributed by atoms with E-state index in [-0.39, 0.29) is 6.54 Å². The molecule has 1 unspecified atom stereocenters. The number of allylic oxidation sites excluding steroid dienone is 1. The van der Waals surface area contributed by atoms with Gasteiger partial charge in [-0.2, -0.15) is 10.3 Å². The lowest BCUT2D eigenvalue weighted by molar-refractivity contribution is -0.121. The number of aliphatic imine (C=N–C) groups is 1. The van der Waals surface area contributed by atoms with Crippen molar-refractivity contribution >= 4 is 23.0 Å². The van der Waals surface area contributed by atoms with E-state index in [2.05, 4.69) is 35.8 Å². The van der Waals surface area contributed by atoms with Crippen LogP contribution >= 0.6 is 0 Å². The first-order chi connectivity index (χ1) is 14.2. The minimum absolute atomic E-state index is 0.212. The van der Waals surface area contributed by atoms with Crippen molar-refractivity contribution in [1.29, 1.82) is 0 Å². The van der Waals surface area contributed by atoms with Crippen LogP contribution in [0.1, 0.15) is 5.56 Å². The Morgan fingerprint density at radius 1 is 1.14 bits per heavy atom. The highest BCUT2D eigenvalue weighted by molar-refractivity contribution is 5.99. The predicted octanol–water partition coefficient (Wildman–Crippen LogP) is 1.77. The molecule has 9 heteroatoms. The minimum atomic E-state index is -1.11. The summed E-state index contributed by atoms with van der Waals surface area (Å²) in [7, 11) is 0. The van der Waals surface area contributed by atoms with E-state index in [1.54, 1.807) is 18.4 Å². The van der Waals surface area contributed by atoms with Gasteiger partial charge in [-0.1, -0.05) is 36.4 Å². The third-order valence-electron chi connectivity index (χ3n) is 5.18. The predicted molar refractivity (Wildman–Crippen MR) is 108 cm³/mol. The lowest BCUT2D eigenvalue weighted by Gasteiger charge is -2.30. The number of nitrogens with one attached hydrogen (secondary N) is 2. The molecule has 2 aromatic heterocycles. The largest absolute Gasteiger partial charge is 0.369 e. The molecular formula is C20H16N8O. The topological polar surface area (TPSA) is 139 Å². The molecule has 0 saturated carbocycles. The lowest BCUT2D eigenvalue weighted by atomic mass is 9.75. The Balaban J connectivity index is 1.80. The van der Waals surface area contributed by atoms with E-state index in [9.17, 15) is 4.79 Å². The van der Waals surface area contributed by atoms with Gasteiger partial charge in [0.1, 0.15) is 11.1 Å². The number of primary amides is 1. The smallest absolute Gasteiger partial charge is 0.233 e. The molecule has 0 saturated heterocycles. The molecule has 4 aromatic rings. The average Bonchev–Trinajstić information content (AvgIpc) is 3.44. The van der Waals surface area contributed by atoms with Gasteiger partial charge in [0.05, 0.1) is 12.1 Å². The average molecular weight is 384 g/mol. The molecule has 0 bridgehead atoms. The van der Waals surface area contributed by atoms with Crippen molar-refractivity contribution in [2.75, 3.05) is 6.54 Å². The van der Waals surface area contributed by atoms with E-state index in [1.807, 2.05) is 42.5 Å². The number of carbonyl (C=O) groups is 1. The number of fused-ring (bicyclic) bond motifs is 1. The Labute approximate surface area is 164 Å². The number of H-pyrrole nitrogens is 2. The molecular weight excluding hydrogens is 368 g/mol. The van der Waals surface area contributed by atoms with E-state index < -0.39 is 11.3 Å².